The van der Waals surface area contributed by atoms with Gasteiger partial charge in [-0.05, 0) is 36.5 Å². The van der Waals surface area contributed by atoms with Gasteiger partial charge in [0.2, 0.25) is 5.92 Å². The molecule has 1 fully saturated rings. The van der Waals surface area contributed by atoms with Gasteiger partial charge in [0.15, 0.2) is 0 Å². The molecule has 1 aliphatic carbocycles. The number of benzene rings is 1. The lowest BCUT2D eigenvalue weighted by atomic mass is 9.80. The van der Waals surface area contributed by atoms with Gasteiger partial charge in [0.1, 0.15) is 0 Å². The first-order valence-corrected chi connectivity index (χ1v) is 7.03. The van der Waals surface area contributed by atoms with E-state index in [0.29, 0.717) is 12.8 Å². The van der Waals surface area contributed by atoms with E-state index in [9.17, 15) is 8.78 Å². The highest BCUT2D eigenvalue weighted by molar-refractivity contribution is 5.78. The van der Waals surface area contributed by atoms with E-state index in [-0.39, 0.29) is 24.8 Å². The van der Waals surface area contributed by atoms with Gasteiger partial charge in [-0.3, -0.25) is 4.98 Å². The van der Waals surface area contributed by atoms with Crippen LogP contribution >= 0.6 is 0 Å². The Labute approximate surface area is 117 Å². The lowest BCUT2D eigenvalue weighted by Crippen LogP contribution is -2.31. The smallest absolute Gasteiger partial charge is 0.248 e. The number of nitrogens with two attached hydrogens (primary N) is 1. The van der Waals surface area contributed by atoms with Gasteiger partial charge in [0, 0.05) is 30.5 Å². The van der Waals surface area contributed by atoms with Crippen LogP contribution in [0, 0.1) is 5.92 Å². The lowest BCUT2D eigenvalue weighted by Gasteiger charge is -2.32. The number of fused-ring (bicyclic) bond motifs is 1. The van der Waals surface area contributed by atoms with Gasteiger partial charge in [0.05, 0.1) is 5.52 Å². The van der Waals surface area contributed by atoms with Crippen molar-refractivity contribution in [1.29, 1.82) is 0 Å². The van der Waals surface area contributed by atoms with E-state index in [0.717, 1.165) is 16.5 Å². The number of nitrogens with zero attached hydrogens (tertiary/aromatic N) is 1. The molecule has 1 atom stereocenters. The second-order valence-corrected chi connectivity index (χ2v) is 5.68. The van der Waals surface area contributed by atoms with Crippen LogP contribution in [0.5, 0.6) is 0 Å². The van der Waals surface area contributed by atoms with Crippen molar-refractivity contribution in [1.82, 2.24) is 4.98 Å². The summed E-state index contributed by atoms with van der Waals surface area (Å²) in [5.41, 5.74) is 8.14. The van der Waals surface area contributed by atoms with Crippen LogP contribution in [0.15, 0.2) is 36.5 Å². The number of alkyl halides is 2. The van der Waals surface area contributed by atoms with Gasteiger partial charge in [-0.25, -0.2) is 8.78 Å². The van der Waals surface area contributed by atoms with Crippen LogP contribution in [0.25, 0.3) is 10.9 Å². The third-order valence-corrected chi connectivity index (χ3v) is 4.27. The minimum Gasteiger partial charge on any atom is -0.324 e. The zero-order chi connectivity index (χ0) is 14.2. The fourth-order valence-corrected chi connectivity index (χ4v) is 2.96. The van der Waals surface area contributed by atoms with Crippen molar-refractivity contribution in [2.75, 3.05) is 0 Å². The minimum atomic E-state index is -2.50. The van der Waals surface area contributed by atoms with Crippen molar-refractivity contribution < 1.29 is 8.78 Å². The number of aromatic nitrogens is 1. The molecule has 2 N–H and O–H groups in total. The van der Waals surface area contributed by atoms with E-state index >= 15 is 0 Å². The first kappa shape index (κ1) is 13.4. The molecule has 1 unspecified atom stereocenters. The van der Waals surface area contributed by atoms with Crippen molar-refractivity contribution in [3.05, 3.63) is 42.1 Å². The predicted molar refractivity (Wildman–Crippen MR) is 75.6 cm³/mol. The molecule has 2 aromatic rings. The summed E-state index contributed by atoms with van der Waals surface area (Å²) in [6.45, 7) is 0. The van der Waals surface area contributed by atoms with Crippen LogP contribution in [0.1, 0.15) is 37.3 Å². The van der Waals surface area contributed by atoms with Crippen LogP contribution in [0.4, 0.5) is 8.78 Å². The third-order valence-electron chi connectivity index (χ3n) is 4.27. The topological polar surface area (TPSA) is 38.9 Å². The summed E-state index contributed by atoms with van der Waals surface area (Å²) < 4.78 is 26.4. The molecule has 0 bridgehead atoms. The van der Waals surface area contributed by atoms with Gasteiger partial charge < -0.3 is 5.73 Å². The maximum Gasteiger partial charge on any atom is 0.248 e. The monoisotopic (exact) mass is 276 g/mol. The highest BCUT2D eigenvalue weighted by atomic mass is 19.3. The van der Waals surface area contributed by atoms with Crippen LogP contribution in [0.3, 0.4) is 0 Å². The summed E-state index contributed by atoms with van der Waals surface area (Å²) >= 11 is 0. The van der Waals surface area contributed by atoms with Crippen LogP contribution in [0.2, 0.25) is 0 Å². The molecular formula is C16H18F2N2. The summed E-state index contributed by atoms with van der Waals surface area (Å²) in [6, 6.07) is 9.67. The number of pyridine rings is 1. The van der Waals surface area contributed by atoms with E-state index in [1.54, 1.807) is 6.20 Å². The SMILES string of the molecule is NC(c1cnc2ccccc2c1)C1CCC(F)(F)CC1. The van der Waals surface area contributed by atoms with Crippen LogP contribution < -0.4 is 5.73 Å². The van der Waals surface area contributed by atoms with Crippen molar-refractivity contribution in [2.24, 2.45) is 11.7 Å². The summed E-state index contributed by atoms with van der Waals surface area (Å²) in [6.07, 6.45) is 2.65. The Morgan fingerprint density at radius 3 is 2.65 bits per heavy atom. The molecule has 0 amide bonds. The molecule has 2 nitrogen and oxygen atoms in total. The standard InChI is InChI=1S/C16H18F2N2/c17-16(18)7-5-11(6-8-16)15(19)13-9-12-3-1-2-4-14(12)20-10-13/h1-4,9-11,15H,5-8,19H2. The molecular weight excluding hydrogens is 258 g/mol. The number of halogens is 2. The van der Waals surface area contributed by atoms with Crippen molar-refractivity contribution in [3.8, 4) is 0 Å². The van der Waals surface area contributed by atoms with Crippen molar-refractivity contribution in [3.63, 3.8) is 0 Å². The molecule has 0 radical (unpaired) electrons. The third kappa shape index (κ3) is 2.66. The predicted octanol–water partition coefficient (Wildman–Crippen LogP) is 4.06. The van der Waals surface area contributed by atoms with E-state index in [1.807, 2.05) is 30.3 Å². The van der Waals surface area contributed by atoms with E-state index in [1.165, 1.54) is 0 Å². The van der Waals surface area contributed by atoms with Gasteiger partial charge in [-0.1, -0.05) is 18.2 Å². The highest BCUT2D eigenvalue weighted by Gasteiger charge is 2.37. The van der Waals surface area contributed by atoms with E-state index < -0.39 is 5.92 Å². The molecule has 1 aliphatic rings. The zero-order valence-corrected chi connectivity index (χ0v) is 11.2. The Balaban J connectivity index is 1.80. The first-order chi connectivity index (χ1) is 9.55. The lowest BCUT2D eigenvalue weighted by molar-refractivity contribution is -0.0483. The Bertz CT molecular complexity index is 602. The van der Waals surface area contributed by atoms with Gasteiger partial charge in [0.25, 0.3) is 0 Å². The first-order valence-electron chi connectivity index (χ1n) is 7.03. The Kier molecular flexibility index (Phi) is 3.42. The maximum absolute atomic E-state index is 13.2. The number of rotatable bonds is 2. The summed E-state index contributed by atoms with van der Waals surface area (Å²) in [4.78, 5) is 4.40. The molecule has 106 valence electrons. The number of hydrogen-bond acceptors (Lipinski definition) is 2. The fraction of sp³-hybridized carbons (Fsp3) is 0.438. The molecule has 3 rings (SSSR count). The molecule has 0 saturated heterocycles. The minimum absolute atomic E-state index is 0.0492. The second-order valence-electron chi connectivity index (χ2n) is 5.68. The van der Waals surface area contributed by atoms with Crippen molar-refractivity contribution in [2.45, 2.75) is 37.6 Å². The summed E-state index contributed by atoms with van der Waals surface area (Å²) in [5, 5.41) is 1.04. The molecule has 4 heteroatoms. The van der Waals surface area contributed by atoms with E-state index in [2.05, 4.69) is 4.98 Å². The molecule has 1 saturated carbocycles. The molecule has 1 heterocycles. The fourth-order valence-electron chi connectivity index (χ4n) is 2.96. The quantitative estimate of drug-likeness (QED) is 0.898. The Hall–Kier alpha value is -1.55. The van der Waals surface area contributed by atoms with Crippen molar-refractivity contribution >= 4 is 10.9 Å². The highest BCUT2D eigenvalue weighted by Crippen LogP contribution is 2.40. The number of hydrogen-bond donors (Lipinski definition) is 1. The van der Waals surface area contributed by atoms with Gasteiger partial charge >= 0.3 is 0 Å². The molecule has 0 spiro atoms. The molecule has 1 aromatic heterocycles. The summed E-state index contributed by atoms with van der Waals surface area (Å²) in [5.74, 6) is -2.38. The van der Waals surface area contributed by atoms with Gasteiger partial charge in [-0.15, -0.1) is 0 Å². The zero-order valence-electron chi connectivity index (χ0n) is 11.2. The maximum atomic E-state index is 13.2. The molecule has 20 heavy (non-hydrogen) atoms. The van der Waals surface area contributed by atoms with Crippen LogP contribution in [-0.4, -0.2) is 10.9 Å². The number of para-hydroxylation sites is 1. The van der Waals surface area contributed by atoms with Gasteiger partial charge in [-0.2, -0.15) is 0 Å². The van der Waals surface area contributed by atoms with Crippen LogP contribution in [-0.2, 0) is 0 Å². The average Bonchev–Trinajstić information content (AvgIpc) is 2.46. The summed E-state index contributed by atoms with van der Waals surface area (Å²) in [7, 11) is 0. The average molecular weight is 276 g/mol. The largest absolute Gasteiger partial charge is 0.324 e. The Morgan fingerprint density at radius 1 is 1.20 bits per heavy atom. The molecule has 0 aliphatic heterocycles. The Morgan fingerprint density at radius 2 is 1.90 bits per heavy atom. The van der Waals surface area contributed by atoms with E-state index in [4.69, 9.17) is 5.73 Å². The normalized spacial score (nSPS) is 20.9. The molecule has 1 aromatic carbocycles. The second kappa shape index (κ2) is 5.09.